The summed E-state index contributed by atoms with van der Waals surface area (Å²) in [6.45, 7) is 3.67. The van der Waals surface area contributed by atoms with Gasteiger partial charge < -0.3 is 14.5 Å². The molecule has 2 aromatic rings. The first-order chi connectivity index (χ1) is 12.6. The van der Waals surface area contributed by atoms with Gasteiger partial charge in [0.15, 0.2) is 0 Å². The second kappa shape index (κ2) is 7.17. The number of carbonyl (C=O) groups excluding carboxylic acids is 1. The van der Waals surface area contributed by atoms with E-state index in [-0.39, 0.29) is 22.9 Å². The molecule has 6 nitrogen and oxygen atoms in total. The Kier molecular flexibility index (Phi) is 4.74. The first kappa shape index (κ1) is 17.2. The van der Waals surface area contributed by atoms with Crippen LogP contribution in [0.2, 0.25) is 5.02 Å². The molecule has 26 heavy (non-hydrogen) atoms. The topological polar surface area (TPSA) is 58.6 Å². The van der Waals surface area contributed by atoms with Gasteiger partial charge >= 0.3 is 0 Å². The molecule has 4 rings (SSSR count). The number of ether oxygens (including phenoxy) is 1. The van der Waals surface area contributed by atoms with E-state index in [1.807, 2.05) is 0 Å². The summed E-state index contributed by atoms with van der Waals surface area (Å²) in [4.78, 5) is 25.4. The SMILES string of the molecule is O=C(Cc1c(F)cccc1Cl)N1Cc2cnc(N3CCOCC3)nc2C1. The summed E-state index contributed by atoms with van der Waals surface area (Å²) < 4.78 is 19.3. The van der Waals surface area contributed by atoms with Gasteiger partial charge in [-0.25, -0.2) is 14.4 Å². The average molecular weight is 377 g/mol. The molecule has 2 aliphatic rings. The summed E-state index contributed by atoms with van der Waals surface area (Å²) >= 11 is 6.03. The molecule has 2 aliphatic heterocycles. The highest BCUT2D eigenvalue weighted by molar-refractivity contribution is 6.31. The van der Waals surface area contributed by atoms with Gasteiger partial charge in [0.25, 0.3) is 0 Å². The van der Waals surface area contributed by atoms with E-state index in [2.05, 4.69) is 14.9 Å². The second-order valence-electron chi connectivity index (χ2n) is 6.37. The van der Waals surface area contributed by atoms with Crippen LogP contribution in [0.1, 0.15) is 16.8 Å². The Labute approximate surface area is 155 Å². The number of amides is 1. The fraction of sp³-hybridized carbons (Fsp3) is 0.389. The highest BCUT2D eigenvalue weighted by Crippen LogP contribution is 2.25. The number of nitrogens with zero attached hydrogens (tertiary/aromatic N) is 4. The molecular weight excluding hydrogens is 359 g/mol. The van der Waals surface area contributed by atoms with E-state index >= 15 is 0 Å². The lowest BCUT2D eigenvalue weighted by Gasteiger charge is -2.26. The molecule has 136 valence electrons. The zero-order chi connectivity index (χ0) is 18.1. The summed E-state index contributed by atoms with van der Waals surface area (Å²) in [5.41, 5.74) is 2.00. The number of carbonyl (C=O) groups is 1. The largest absolute Gasteiger partial charge is 0.378 e. The van der Waals surface area contributed by atoms with Gasteiger partial charge in [-0.15, -0.1) is 0 Å². The Bertz CT molecular complexity index is 822. The summed E-state index contributed by atoms with van der Waals surface area (Å²) in [5, 5.41) is 0.268. The van der Waals surface area contributed by atoms with Crippen LogP contribution in [0.5, 0.6) is 0 Å². The quantitative estimate of drug-likeness (QED) is 0.822. The van der Waals surface area contributed by atoms with Crippen LogP contribution >= 0.6 is 11.6 Å². The third-order valence-electron chi connectivity index (χ3n) is 4.68. The minimum Gasteiger partial charge on any atom is -0.378 e. The van der Waals surface area contributed by atoms with Crippen molar-refractivity contribution in [1.29, 1.82) is 0 Å². The van der Waals surface area contributed by atoms with Gasteiger partial charge in [-0.2, -0.15) is 0 Å². The van der Waals surface area contributed by atoms with E-state index in [4.69, 9.17) is 16.3 Å². The number of fused-ring (bicyclic) bond motifs is 1. The predicted molar refractivity (Wildman–Crippen MR) is 94.4 cm³/mol. The Morgan fingerprint density at radius 3 is 2.85 bits per heavy atom. The van der Waals surface area contributed by atoms with Crippen molar-refractivity contribution in [3.63, 3.8) is 0 Å². The van der Waals surface area contributed by atoms with Crippen molar-refractivity contribution in [2.75, 3.05) is 31.2 Å². The maximum Gasteiger partial charge on any atom is 0.227 e. The first-order valence-corrected chi connectivity index (χ1v) is 8.88. The van der Waals surface area contributed by atoms with Crippen molar-refractivity contribution in [2.45, 2.75) is 19.5 Å². The number of benzene rings is 1. The summed E-state index contributed by atoms with van der Waals surface area (Å²) in [6, 6.07) is 4.43. The molecule has 1 saturated heterocycles. The molecule has 0 atom stereocenters. The van der Waals surface area contributed by atoms with E-state index in [1.54, 1.807) is 17.2 Å². The zero-order valence-corrected chi connectivity index (χ0v) is 14.9. The van der Waals surface area contributed by atoms with Crippen LogP contribution in [0.4, 0.5) is 10.3 Å². The molecule has 1 aromatic carbocycles. The van der Waals surface area contributed by atoms with Crippen LogP contribution in [-0.2, 0) is 29.0 Å². The number of hydrogen-bond donors (Lipinski definition) is 0. The molecule has 0 unspecified atom stereocenters. The molecule has 0 radical (unpaired) electrons. The minimum absolute atomic E-state index is 0.0662. The lowest BCUT2D eigenvalue weighted by molar-refractivity contribution is -0.131. The highest BCUT2D eigenvalue weighted by atomic mass is 35.5. The fourth-order valence-electron chi connectivity index (χ4n) is 3.20. The van der Waals surface area contributed by atoms with Gasteiger partial charge in [0.2, 0.25) is 11.9 Å². The standard InChI is InChI=1S/C18H18ClFN4O2/c19-14-2-1-3-15(20)13(14)8-17(25)24-10-12-9-21-18(22-16(12)11-24)23-4-6-26-7-5-23/h1-3,9H,4-8,10-11H2. The number of aromatic nitrogens is 2. The number of rotatable bonds is 3. The molecule has 0 bridgehead atoms. The van der Waals surface area contributed by atoms with Crippen molar-refractivity contribution in [1.82, 2.24) is 14.9 Å². The second-order valence-corrected chi connectivity index (χ2v) is 6.78. The molecule has 1 aromatic heterocycles. The summed E-state index contributed by atoms with van der Waals surface area (Å²) in [6.07, 6.45) is 1.71. The van der Waals surface area contributed by atoms with Gasteiger partial charge in [0, 0.05) is 42.0 Å². The van der Waals surface area contributed by atoms with E-state index < -0.39 is 5.82 Å². The van der Waals surface area contributed by atoms with Crippen molar-refractivity contribution < 1.29 is 13.9 Å². The van der Waals surface area contributed by atoms with Crippen LogP contribution in [0.25, 0.3) is 0 Å². The van der Waals surface area contributed by atoms with Gasteiger partial charge in [0.1, 0.15) is 5.82 Å². The van der Waals surface area contributed by atoms with E-state index in [0.717, 1.165) is 24.3 Å². The van der Waals surface area contributed by atoms with Crippen LogP contribution in [-0.4, -0.2) is 47.1 Å². The molecule has 3 heterocycles. The third kappa shape index (κ3) is 3.37. The number of anilines is 1. The molecule has 1 amide bonds. The Morgan fingerprint density at radius 1 is 1.27 bits per heavy atom. The van der Waals surface area contributed by atoms with Crippen LogP contribution < -0.4 is 4.90 Å². The maximum atomic E-state index is 13.9. The Morgan fingerprint density at radius 2 is 2.08 bits per heavy atom. The molecular formula is C18H18ClFN4O2. The molecule has 1 fully saturated rings. The number of morpholine rings is 1. The van der Waals surface area contributed by atoms with Gasteiger partial charge in [-0.1, -0.05) is 17.7 Å². The van der Waals surface area contributed by atoms with Crippen molar-refractivity contribution >= 4 is 23.5 Å². The van der Waals surface area contributed by atoms with Crippen molar-refractivity contribution in [3.05, 3.63) is 52.1 Å². The molecule has 0 N–H and O–H groups in total. The zero-order valence-electron chi connectivity index (χ0n) is 14.1. The lowest BCUT2D eigenvalue weighted by atomic mass is 10.1. The monoisotopic (exact) mass is 376 g/mol. The van der Waals surface area contributed by atoms with E-state index in [9.17, 15) is 9.18 Å². The lowest BCUT2D eigenvalue weighted by Crippen LogP contribution is -2.37. The van der Waals surface area contributed by atoms with Gasteiger partial charge in [-0.05, 0) is 12.1 Å². The van der Waals surface area contributed by atoms with Crippen molar-refractivity contribution in [2.24, 2.45) is 0 Å². The fourth-order valence-corrected chi connectivity index (χ4v) is 3.43. The van der Waals surface area contributed by atoms with Gasteiger partial charge in [0.05, 0.1) is 31.9 Å². The van der Waals surface area contributed by atoms with Crippen LogP contribution in [0, 0.1) is 5.82 Å². The third-order valence-corrected chi connectivity index (χ3v) is 5.03. The molecule has 8 heteroatoms. The molecule has 0 aliphatic carbocycles. The smallest absolute Gasteiger partial charge is 0.227 e. The van der Waals surface area contributed by atoms with Crippen LogP contribution in [0.15, 0.2) is 24.4 Å². The summed E-state index contributed by atoms with van der Waals surface area (Å²) in [7, 11) is 0. The minimum atomic E-state index is -0.461. The average Bonchev–Trinajstić information content (AvgIpc) is 3.09. The van der Waals surface area contributed by atoms with E-state index in [1.165, 1.54) is 12.1 Å². The first-order valence-electron chi connectivity index (χ1n) is 8.50. The number of hydrogen-bond acceptors (Lipinski definition) is 5. The Balaban J connectivity index is 1.47. The number of halogens is 2. The molecule has 0 spiro atoms. The van der Waals surface area contributed by atoms with Gasteiger partial charge in [-0.3, -0.25) is 4.79 Å². The normalized spacial score (nSPS) is 16.7. The van der Waals surface area contributed by atoms with E-state index in [0.29, 0.717) is 32.3 Å². The maximum absolute atomic E-state index is 13.9. The van der Waals surface area contributed by atoms with Crippen molar-refractivity contribution in [3.8, 4) is 0 Å². The summed E-state index contributed by atoms with van der Waals surface area (Å²) in [5.74, 6) is 0.0263. The Hall–Kier alpha value is -2.25. The highest BCUT2D eigenvalue weighted by Gasteiger charge is 2.27. The predicted octanol–water partition coefficient (Wildman–Crippen LogP) is 2.19. The van der Waals surface area contributed by atoms with Crippen LogP contribution in [0.3, 0.4) is 0 Å². The molecule has 0 saturated carbocycles.